The summed E-state index contributed by atoms with van der Waals surface area (Å²) in [6, 6.07) is 16.3. The lowest BCUT2D eigenvalue weighted by molar-refractivity contribution is 0.432. The largest absolute Gasteiger partial charge is 0.505 e. The van der Waals surface area contributed by atoms with Crippen LogP contribution in [0, 0.1) is 5.82 Å². The predicted molar refractivity (Wildman–Crippen MR) is 130 cm³/mol. The van der Waals surface area contributed by atoms with Gasteiger partial charge in [-0.05, 0) is 53.4 Å². The molecular weight excluding hydrogens is 431 g/mol. The molecule has 0 atom stereocenters. The topological polar surface area (TPSA) is 76.1 Å². The van der Waals surface area contributed by atoms with E-state index >= 15 is 0 Å². The van der Waals surface area contributed by atoms with Gasteiger partial charge in [0.25, 0.3) is 0 Å². The molecule has 6 rings (SSSR count). The van der Waals surface area contributed by atoms with Crippen molar-refractivity contribution in [3.63, 3.8) is 0 Å². The summed E-state index contributed by atoms with van der Waals surface area (Å²) in [5.41, 5.74) is 5.15. The highest BCUT2D eigenvalue weighted by atomic mass is 19.1. The molecule has 168 valence electrons. The standard InChI is InChI=1S/C27H21FN4O2/c1-31-13-21-20(14-32-15-30-22-4-2-3-5-23(22)32)19-11-17(10-16-6-8-18(28)9-7-16)12-29-25(19)26(33)24(21)27(31)34/h2-9,11-13,15,33-34H,10,14H2,1H3. The first-order chi connectivity index (χ1) is 16.5. The molecule has 0 fully saturated rings. The molecule has 0 saturated heterocycles. The molecule has 7 heteroatoms. The van der Waals surface area contributed by atoms with Crippen LogP contribution in [0.25, 0.3) is 32.7 Å². The fraction of sp³-hybridized carbons (Fsp3) is 0.111. The number of fused-ring (bicyclic) bond motifs is 3. The maximum Gasteiger partial charge on any atom is 0.202 e. The quantitative estimate of drug-likeness (QED) is 0.382. The average molecular weight is 452 g/mol. The van der Waals surface area contributed by atoms with Crippen molar-refractivity contribution in [2.45, 2.75) is 13.0 Å². The first-order valence-corrected chi connectivity index (χ1v) is 10.9. The van der Waals surface area contributed by atoms with Crippen LogP contribution in [0.3, 0.4) is 0 Å². The summed E-state index contributed by atoms with van der Waals surface area (Å²) in [5, 5.41) is 23.6. The van der Waals surface area contributed by atoms with E-state index in [1.165, 1.54) is 12.1 Å². The summed E-state index contributed by atoms with van der Waals surface area (Å²) < 4.78 is 17.0. The number of phenols is 1. The van der Waals surface area contributed by atoms with E-state index in [2.05, 4.69) is 14.5 Å². The van der Waals surface area contributed by atoms with Gasteiger partial charge in [0.05, 0.1) is 29.3 Å². The van der Waals surface area contributed by atoms with E-state index < -0.39 is 0 Å². The van der Waals surface area contributed by atoms with E-state index in [0.717, 1.165) is 38.5 Å². The van der Waals surface area contributed by atoms with Gasteiger partial charge in [-0.1, -0.05) is 24.3 Å². The van der Waals surface area contributed by atoms with Crippen LogP contribution in [0.4, 0.5) is 4.39 Å². The molecule has 0 spiro atoms. The molecule has 3 heterocycles. The van der Waals surface area contributed by atoms with Gasteiger partial charge < -0.3 is 19.3 Å². The molecule has 0 unspecified atom stereocenters. The maximum absolute atomic E-state index is 13.3. The first kappa shape index (κ1) is 20.2. The van der Waals surface area contributed by atoms with Crippen LogP contribution in [0.15, 0.2) is 73.3 Å². The Hall–Kier alpha value is -4.39. The zero-order valence-electron chi connectivity index (χ0n) is 18.4. The van der Waals surface area contributed by atoms with Gasteiger partial charge in [0.2, 0.25) is 5.88 Å². The lowest BCUT2D eigenvalue weighted by atomic mass is 9.98. The van der Waals surface area contributed by atoms with Crippen molar-refractivity contribution in [3.8, 4) is 11.6 Å². The molecule has 0 aliphatic carbocycles. The second kappa shape index (κ2) is 7.59. The van der Waals surface area contributed by atoms with Crippen molar-refractivity contribution in [2.24, 2.45) is 7.05 Å². The lowest BCUT2D eigenvalue weighted by Gasteiger charge is -2.13. The monoisotopic (exact) mass is 452 g/mol. The third-order valence-electron chi connectivity index (χ3n) is 6.38. The van der Waals surface area contributed by atoms with Gasteiger partial charge in [-0.15, -0.1) is 0 Å². The first-order valence-electron chi connectivity index (χ1n) is 10.9. The highest BCUT2D eigenvalue weighted by Gasteiger charge is 2.21. The summed E-state index contributed by atoms with van der Waals surface area (Å²) >= 11 is 0. The van der Waals surface area contributed by atoms with E-state index in [9.17, 15) is 14.6 Å². The number of hydrogen-bond donors (Lipinski definition) is 2. The Labute approximate surface area is 194 Å². The number of aromatic nitrogens is 4. The van der Waals surface area contributed by atoms with Crippen molar-refractivity contribution in [1.82, 2.24) is 19.1 Å². The number of halogens is 1. The Morgan fingerprint density at radius 2 is 1.74 bits per heavy atom. The Kier molecular flexibility index (Phi) is 4.52. The number of rotatable bonds is 4. The number of pyridine rings is 1. The Bertz CT molecular complexity index is 1700. The highest BCUT2D eigenvalue weighted by molar-refractivity contribution is 6.09. The van der Waals surface area contributed by atoms with Crippen LogP contribution < -0.4 is 0 Å². The van der Waals surface area contributed by atoms with Gasteiger partial charge in [-0.2, -0.15) is 0 Å². The number of phenolic OH excluding ortho intramolecular Hbond substituents is 1. The number of nitrogens with zero attached hydrogens (tertiary/aromatic N) is 4. The second-order valence-electron chi connectivity index (χ2n) is 8.58. The molecule has 0 bridgehead atoms. The Morgan fingerprint density at radius 3 is 2.56 bits per heavy atom. The van der Waals surface area contributed by atoms with Crippen molar-refractivity contribution >= 4 is 32.7 Å². The fourth-order valence-corrected chi connectivity index (χ4v) is 4.68. The molecule has 0 radical (unpaired) electrons. The van der Waals surface area contributed by atoms with E-state index in [4.69, 9.17) is 0 Å². The third kappa shape index (κ3) is 3.16. The number of benzene rings is 3. The summed E-state index contributed by atoms with van der Waals surface area (Å²) in [6.07, 6.45) is 5.92. The van der Waals surface area contributed by atoms with Gasteiger partial charge in [-0.25, -0.2) is 9.37 Å². The Balaban J connectivity index is 1.57. The maximum atomic E-state index is 13.3. The third-order valence-corrected chi connectivity index (χ3v) is 6.38. The minimum Gasteiger partial charge on any atom is -0.505 e. The van der Waals surface area contributed by atoms with E-state index in [0.29, 0.717) is 23.9 Å². The number of para-hydroxylation sites is 2. The molecule has 0 saturated carbocycles. The normalized spacial score (nSPS) is 11.7. The van der Waals surface area contributed by atoms with Crippen LogP contribution in [0.1, 0.15) is 16.7 Å². The molecule has 0 amide bonds. The molecule has 0 aliphatic heterocycles. The predicted octanol–water partition coefficient (Wildman–Crippen LogP) is 5.27. The summed E-state index contributed by atoms with van der Waals surface area (Å²) in [7, 11) is 1.74. The van der Waals surface area contributed by atoms with Crippen molar-refractivity contribution in [1.29, 1.82) is 0 Å². The van der Waals surface area contributed by atoms with Gasteiger partial charge in [0.15, 0.2) is 5.75 Å². The van der Waals surface area contributed by atoms with Gasteiger partial charge in [0.1, 0.15) is 11.3 Å². The SMILES string of the molecule is Cn1cc2c(Cn3cnc4ccccc43)c3cc(Cc4ccc(F)cc4)cnc3c(O)c2c1O. The average Bonchev–Trinajstić information content (AvgIpc) is 3.38. The molecule has 6 aromatic rings. The van der Waals surface area contributed by atoms with E-state index in [1.807, 2.05) is 36.5 Å². The van der Waals surface area contributed by atoms with Crippen molar-refractivity contribution in [3.05, 3.63) is 95.8 Å². The van der Waals surface area contributed by atoms with Crippen LogP contribution >= 0.6 is 0 Å². The highest BCUT2D eigenvalue weighted by Crippen LogP contribution is 2.42. The number of imidazole rings is 1. The molecule has 3 aromatic carbocycles. The smallest absolute Gasteiger partial charge is 0.202 e. The van der Waals surface area contributed by atoms with Crippen LogP contribution in [0.5, 0.6) is 11.6 Å². The van der Waals surface area contributed by atoms with Crippen LogP contribution in [-0.4, -0.2) is 29.3 Å². The molecule has 6 nitrogen and oxygen atoms in total. The minimum absolute atomic E-state index is 0.0108. The zero-order chi connectivity index (χ0) is 23.4. The van der Waals surface area contributed by atoms with Crippen LogP contribution in [-0.2, 0) is 20.0 Å². The summed E-state index contributed by atoms with van der Waals surface area (Å²) in [4.78, 5) is 9.09. The van der Waals surface area contributed by atoms with E-state index in [1.54, 1.807) is 36.3 Å². The minimum atomic E-state index is -0.272. The number of aromatic hydroxyl groups is 2. The fourth-order valence-electron chi connectivity index (χ4n) is 4.68. The van der Waals surface area contributed by atoms with Gasteiger partial charge >= 0.3 is 0 Å². The lowest BCUT2D eigenvalue weighted by Crippen LogP contribution is -2.01. The van der Waals surface area contributed by atoms with Gasteiger partial charge in [-0.3, -0.25) is 4.98 Å². The molecule has 0 aliphatic rings. The zero-order valence-corrected chi connectivity index (χ0v) is 18.4. The summed E-state index contributed by atoms with van der Waals surface area (Å²) in [6.45, 7) is 0.485. The Morgan fingerprint density at radius 1 is 0.941 bits per heavy atom. The number of aryl methyl sites for hydroxylation is 1. The van der Waals surface area contributed by atoms with Crippen molar-refractivity contribution in [2.75, 3.05) is 0 Å². The molecular formula is C27H21FN4O2. The van der Waals surface area contributed by atoms with Crippen molar-refractivity contribution < 1.29 is 14.6 Å². The molecule has 3 aromatic heterocycles. The van der Waals surface area contributed by atoms with Gasteiger partial charge in [0, 0.05) is 30.2 Å². The van der Waals surface area contributed by atoms with Crippen LogP contribution in [0.2, 0.25) is 0 Å². The number of hydrogen-bond acceptors (Lipinski definition) is 4. The summed E-state index contributed by atoms with van der Waals surface area (Å²) in [5.74, 6) is -0.328. The molecule has 2 N–H and O–H groups in total. The second-order valence-corrected chi connectivity index (χ2v) is 8.58. The molecule has 34 heavy (non-hydrogen) atoms. The van der Waals surface area contributed by atoms with E-state index in [-0.39, 0.29) is 17.4 Å².